The molecule has 158 valence electrons. The van der Waals surface area contributed by atoms with Gasteiger partial charge in [-0.25, -0.2) is 4.98 Å². The second-order valence-electron chi connectivity index (χ2n) is 6.83. The van der Waals surface area contributed by atoms with Crippen LogP contribution in [0.3, 0.4) is 0 Å². The first-order valence-corrected chi connectivity index (χ1v) is 10.6. The third-order valence-electron chi connectivity index (χ3n) is 4.85. The number of carbonyl (C=O) groups is 1. The van der Waals surface area contributed by atoms with E-state index in [1.807, 2.05) is 19.1 Å². The molecule has 0 aliphatic heterocycles. The quantitative estimate of drug-likeness (QED) is 0.325. The summed E-state index contributed by atoms with van der Waals surface area (Å²) in [4.78, 5) is 20.6. The maximum Gasteiger partial charge on any atom is 0.199 e. The molecule has 0 radical (unpaired) electrons. The number of nitrogens with one attached hydrogen (secondary N) is 1. The summed E-state index contributed by atoms with van der Waals surface area (Å²) in [6, 6.07) is 14.4. The lowest BCUT2D eigenvalue weighted by Crippen LogP contribution is -2.09. The lowest BCUT2D eigenvalue weighted by atomic mass is 10.0. The van der Waals surface area contributed by atoms with Crippen molar-refractivity contribution in [2.45, 2.75) is 13.3 Å². The Kier molecular flexibility index (Phi) is 6.44. The van der Waals surface area contributed by atoms with Gasteiger partial charge in [0.15, 0.2) is 17.3 Å². The number of rotatable bonds is 8. The van der Waals surface area contributed by atoms with Crippen molar-refractivity contribution in [2.24, 2.45) is 0 Å². The molecule has 0 unspecified atom stereocenters. The number of para-hydroxylation sites is 1. The van der Waals surface area contributed by atoms with Gasteiger partial charge in [-0.2, -0.15) is 0 Å². The van der Waals surface area contributed by atoms with E-state index < -0.39 is 0 Å². The Morgan fingerprint density at radius 2 is 1.94 bits per heavy atom. The molecule has 0 spiro atoms. The van der Waals surface area contributed by atoms with Crippen LogP contribution in [-0.2, 0) is 6.42 Å². The number of hydrogen-bond donors (Lipinski definition) is 1. The monoisotopic (exact) mass is 454 g/mol. The molecule has 2 aromatic carbocycles. The summed E-state index contributed by atoms with van der Waals surface area (Å²) in [5, 5.41) is 1.95. The number of carbonyl (C=O) groups excluding carboxylic acids is 1. The zero-order valence-electron chi connectivity index (χ0n) is 16.8. The normalized spacial score (nSPS) is 10.9. The number of fused-ring (bicyclic) bond motifs is 1. The van der Waals surface area contributed by atoms with Gasteiger partial charge in [0.2, 0.25) is 0 Å². The van der Waals surface area contributed by atoms with Gasteiger partial charge >= 0.3 is 0 Å². The minimum atomic E-state index is -0.158. The van der Waals surface area contributed by atoms with Crippen LogP contribution in [-0.4, -0.2) is 29.0 Å². The highest BCUT2D eigenvalue weighted by Crippen LogP contribution is 2.34. The average Bonchev–Trinajstić information content (AvgIpc) is 3.20. The van der Waals surface area contributed by atoms with Gasteiger partial charge < -0.3 is 14.5 Å². The van der Waals surface area contributed by atoms with Crippen LogP contribution < -0.4 is 9.47 Å². The Hall–Kier alpha value is -3.02. The van der Waals surface area contributed by atoms with E-state index in [2.05, 4.69) is 9.97 Å². The number of ether oxygens (including phenoxy) is 2. The van der Waals surface area contributed by atoms with Crippen LogP contribution in [0.4, 0.5) is 0 Å². The van der Waals surface area contributed by atoms with Crippen molar-refractivity contribution < 1.29 is 14.3 Å². The van der Waals surface area contributed by atoms with E-state index >= 15 is 0 Å². The minimum absolute atomic E-state index is 0.158. The lowest BCUT2D eigenvalue weighted by Gasteiger charge is -2.15. The van der Waals surface area contributed by atoms with E-state index in [0.717, 1.165) is 10.9 Å². The topological polar surface area (TPSA) is 64.2 Å². The molecule has 1 N–H and O–H groups in total. The molecule has 0 bridgehead atoms. The summed E-state index contributed by atoms with van der Waals surface area (Å²) in [5.41, 5.74) is 2.57. The summed E-state index contributed by atoms with van der Waals surface area (Å²) in [6.07, 6.45) is 3.94. The molecule has 0 aliphatic rings. The van der Waals surface area contributed by atoms with E-state index in [1.54, 1.807) is 48.8 Å². The number of aromatic nitrogens is 2. The van der Waals surface area contributed by atoms with Crippen molar-refractivity contribution in [3.8, 4) is 11.5 Å². The van der Waals surface area contributed by atoms with Gasteiger partial charge in [-0.05, 0) is 48.9 Å². The third kappa shape index (κ3) is 4.53. The first-order chi connectivity index (χ1) is 15.1. The van der Waals surface area contributed by atoms with Crippen molar-refractivity contribution in [3.05, 3.63) is 87.7 Å². The molecule has 4 rings (SSSR count). The Morgan fingerprint density at radius 3 is 2.74 bits per heavy atom. The van der Waals surface area contributed by atoms with E-state index in [0.29, 0.717) is 58.0 Å². The molecule has 4 aromatic rings. The van der Waals surface area contributed by atoms with E-state index in [9.17, 15) is 4.79 Å². The summed E-state index contributed by atoms with van der Waals surface area (Å²) in [7, 11) is 0. The Balaban J connectivity index is 1.59. The fourth-order valence-corrected chi connectivity index (χ4v) is 3.89. The molecule has 0 fully saturated rings. The van der Waals surface area contributed by atoms with Crippen molar-refractivity contribution in [3.63, 3.8) is 0 Å². The zero-order chi connectivity index (χ0) is 21.8. The van der Waals surface area contributed by atoms with Crippen LogP contribution in [0.5, 0.6) is 11.5 Å². The number of halogens is 2. The summed E-state index contributed by atoms with van der Waals surface area (Å²) < 4.78 is 11.8. The van der Waals surface area contributed by atoms with Crippen LogP contribution in [0.15, 0.2) is 60.9 Å². The first-order valence-electron chi connectivity index (χ1n) is 9.87. The standard InChI is InChI=1S/C24H20Cl2N2O3/c1-2-30-23-18(22(29)19-14-28-24-17(19)6-4-11-27-24)5-3-7-21(23)31-12-10-15-8-9-16(25)13-20(15)26/h3-9,11,13-14H,2,10,12H2,1H3,(H,27,28). The molecular formula is C24H20Cl2N2O3. The molecule has 31 heavy (non-hydrogen) atoms. The first kappa shape index (κ1) is 21.2. The fraction of sp³-hybridized carbons (Fsp3) is 0.167. The molecule has 0 saturated carbocycles. The third-order valence-corrected chi connectivity index (χ3v) is 5.44. The van der Waals surface area contributed by atoms with Crippen LogP contribution in [0.25, 0.3) is 11.0 Å². The number of H-pyrrole nitrogens is 1. The zero-order valence-corrected chi connectivity index (χ0v) is 18.3. The lowest BCUT2D eigenvalue weighted by molar-refractivity contribution is 0.103. The largest absolute Gasteiger partial charge is 0.489 e. The van der Waals surface area contributed by atoms with Gasteiger partial charge in [-0.15, -0.1) is 0 Å². The van der Waals surface area contributed by atoms with Gasteiger partial charge in [0.25, 0.3) is 0 Å². The fourth-order valence-electron chi connectivity index (χ4n) is 3.39. The van der Waals surface area contributed by atoms with Crippen LogP contribution in [0.2, 0.25) is 10.0 Å². The Morgan fingerprint density at radius 1 is 1.06 bits per heavy atom. The molecule has 5 nitrogen and oxygen atoms in total. The predicted octanol–water partition coefficient (Wildman–Crippen LogP) is 6.12. The van der Waals surface area contributed by atoms with Gasteiger partial charge in [0, 0.05) is 39.8 Å². The highest BCUT2D eigenvalue weighted by atomic mass is 35.5. The molecule has 0 saturated heterocycles. The molecule has 0 aliphatic carbocycles. The van der Waals surface area contributed by atoms with Gasteiger partial charge in [-0.3, -0.25) is 4.79 Å². The second kappa shape index (κ2) is 9.41. The molecule has 0 amide bonds. The highest BCUT2D eigenvalue weighted by Gasteiger charge is 2.21. The number of ketones is 1. The van der Waals surface area contributed by atoms with E-state index in [-0.39, 0.29) is 5.78 Å². The molecule has 2 aromatic heterocycles. The highest BCUT2D eigenvalue weighted by molar-refractivity contribution is 6.35. The molecule has 0 atom stereocenters. The Labute approximate surface area is 189 Å². The number of hydrogen-bond acceptors (Lipinski definition) is 4. The molecular weight excluding hydrogens is 435 g/mol. The average molecular weight is 455 g/mol. The van der Waals surface area contributed by atoms with Crippen LogP contribution in [0.1, 0.15) is 28.4 Å². The Bertz CT molecular complexity index is 1240. The second-order valence-corrected chi connectivity index (χ2v) is 7.67. The number of nitrogens with zero attached hydrogens (tertiary/aromatic N) is 1. The van der Waals surface area contributed by atoms with Crippen molar-refractivity contribution in [1.29, 1.82) is 0 Å². The minimum Gasteiger partial charge on any atom is -0.489 e. The van der Waals surface area contributed by atoms with Crippen LogP contribution in [0, 0.1) is 0 Å². The van der Waals surface area contributed by atoms with Crippen molar-refractivity contribution in [1.82, 2.24) is 9.97 Å². The van der Waals surface area contributed by atoms with Crippen molar-refractivity contribution in [2.75, 3.05) is 13.2 Å². The van der Waals surface area contributed by atoms with Crippen molar-refractivity contribution >= 4 is 40.0 Å². The summed E-state index contributed by atoms with van der Waals surface area (Å²) in [5.74, 6) is 0.778. The predicted molar refractivity (Wildman–Crippen MR) is 123 cm³/mol. The van der Waals surface area contributed by atoms with Gasteiger partial charge in [-0.1, -0.05) is 35.3 Å². The molecule has 7 heteroatoms. The number of aromatic amines is 1. The van der Waals surface area contributed by atoms with Gasteiger partial charge in [0.1, 0.15) is 5.65 Å². The summed E-state index contributed by atoms with van der Waals surface area (Å²) >= 11 is 12.2. The van der Waals surface area contributed by atoms with E-state index in [4.69, 9.17) is 32.7 Å². The maximum absolute atomic E-state index is 13.3. The van der Waals surface area contributed by atoms with Gasteiger partial charge in [0.05, 0.1) is 18.8 Å². The number of benzene rings is 2. The summed E-state index contributed by atoms with van der Waals surface area (Å²) in [6.45, 7) is 2.64. The molecule has 2 heterocycles. The number of pyridine rings is 1. The SMILES string of the molecule is CCOc1c(OCCc2ccc(Cl)cc2Cl)cccc1C(=O)c1c[nH]c2ncccc12. The maximum atomic E-state index is 13.3. The van der Waals surface area contributed by atoms with E-state index in [1.165, 1.54) is 0 Å². The smallest absolute Gasteiger partial charge is 0.199 e. The van der Waals surface area contributed by atoms with Crippen LogP contribution >= 0.6 is 23.2 Å².